The summed E-state index contributed by atoms with van der Waals surface area (Å²) in [6, 6.07) is 5.14. The van der Waals surface area contributed by atoms with Gasteiger partial charge in [0.05, 0.1) is 0 Å². The van der Waals surface area contributed by atoms with Crippen molar-refractivity contribution < 1.29 is 4.79 Å². The molecular weight excluding hydrogens is 224 g/mol. The lowest BCUT2D eigenvalue weighted by Crippen LogP contribution is -1.89. The fourth-order valence-corrected chi connectivity index (χ4v) is 1.67. The highest BCUT2D eigenvalue weighted by Crippen LogP contribution is 2.27. The normalized spacial score (nSPS) is 10.1. The monoisotopic (exact) mass is 232 g/mol. The molecule has 0 saturated carbocycles. The van der Waals surface area contributed by atoms with Crippen molar-refractivity contribution in [1.82, 2.24) is 9.97 Å². The summed E-state index contributed by atoms with van der Waals surface area (Å²) in [4.78, 5) is 18.8. The number of hydrogen-bond donors (Lipinski definition) is 0. The van der Waals surface area contributed by atoms with Crippen molar-refractivity contribution in [3.63, 3.8) is 0 Å². The molecule has 0 saturated heterocycles. The Morgan fingerprint density at radius 2 is 1.94 bits per heavy atom. The second-order valence-corrected chi connectivity index (χ2v) is 3.78. The number of hydrogen-bond acceptors (Lipinski definition) is 3. The van der Waals surface area contributed by atoms with E-state index in [2.05, 4.69) is 9.97 Å². The average Bonchev–Trinajstić information content (AvgIpc) is 2.30. The Bertz CT molecular complexity index is 523. The van der Waals surface area contributed by atoms with E-state index in [1.54, 1.807) is 30.6 Å². The zero-order valence-electron chi connectivity index (χ0n) is 8.64. The third kappa shape index (κ3) is 2.09. The number of halogens is 1. The van der Waals surface area contributed by atoms with Gasteiger partial charge in [-0.05, 0) is 13.0 Å². The Balaban J connectivity index is 2.48. The maximum atomic E-state index is 10.6. The predicted molar refractivity (Wildman–Crippen MR) is 62.6 cm³/mol. The lowest BCUT2D eigenvalue weighted by molar-refractivity contribution is 0.112. The van der Waals surface area contributed by atoms with Crippen LogP contribution in [0.3, 0.4) is 0 Å². The highest BCUT2D eigenvalue weighted by atomic mass is 35.5. The molecular formula is C12H9ClN2O. The summed E-state index contributed by atoms with van der Waals surface area (Å²) in [5, 5.41) is 0.525. The molecule has 0 spiro atoms. The van der Waals surface area contributed by atoms with Crippen molar-refractivity contribution in [2.45, 2.75) is 6.92 Å². The van der Waals surface area contributed by atoms with Gasteiger partial charge in [-0.1, -0.05) is 23.7 Å². The molecule has 0 amide bonds. The van der Waals surface area contributed by atoms with E-state index >= 15 is 0 Å². The summed E-state index contributed by atoms with van der Waals surface area (Å²) in [5.41, 5.74) is 2.22. The Morgan fingerprint density at radius 1 is 1.25 bits per heavy atom. The fraction of sp³-hybridized carbons (Fsp3) is 0.0833. The van der Waals surface area contributed by atoms with Crippen LogP contribution in [0.15, 0.2) is 30.6 Å². The molecule has 2 aromatic rings. The summed E-state index contributed by atoms with van der Waals surface area (Å²) in [6.07, 6.45) is 4.19. The molecule has 0 aliphatic carbocycles. The van der Waals surface area contributed by atoms with Gasteiger partial charge in [-0.2, -0.15) is 0 Å². The highest BCUT2D eigenvalue weighted by Gasteiger charge is 2.05. The van der Waals surface area contributed by atoms with Crippen LogP contribution in [0.1, 0.15) is 16.2 Å². The average molecular weight is 233 g/mol. The number of benzene rings is 1. The molecule has 1 heterocycles. The van der Waals surface area contributed by atoms with Crippen molar-refractivity contribution in [3.8, 4) is 11.1 Å². The maximum Gasteiger partial charge on any atom is 0.150 e. The molecule has 3 nitrogen and oxygen atoms in total. The minimum absolute atomic E-state index is 0.525. The molecule has 16 heavy (non-hydrogen) atoms. The second kappa shape index (κ2) is 4.41. The minimum Gasteiger partial charge on any atom is -0.298 e. The molecule has 0 radical (unpaired) electrons. The maximum absolute atomic E-state index is 10.6. The molecule has 0 N–H and O–H groups in total. The molecule has 1 aromatic heterocycles. The Labute approximate surface area is 98.1 Å². The van der Waals surface area contributed by atoms with E-state index in [1.807, 2.05) is 6.92 Å². The number of aromatic nitrogens is 2. The van der Waals surface area contributed by atoms with Gasteiger partial charge in [-0.25, -0.2) is 9.97 Å². The zero-order chi connectivity index (χ0) is 11.5. The van der Waals surface area contributed by atoms with Crippen molar-refractivity contribution in [2.24, 2.45) is 0 Å². The second-order valence-electron chi connectivity index (χ2n) is 3.38. The first-order valence-corrected chi connectivity index (χ1v) is 5.12. The van der Waals surface area contributed by atoms with Gasteiger partial charge in [-0.15, -0.1) is 0 Å². The van der Waals surface area contributed by atoms with E-state index < -0.39 is 0 Å². The van der Waals surface area contributed by atoms with Gasteiger partial charge in [0.1, 0.15) is 12.1 Å². The van der Waals surface area contributed by atoms with Crippen LogP contribution in [0, 0.1) is 6.92 Å². The van der Waals surface area contributed by atoms with Gasteiger partial charge in [0.15, 0.2) is 0 Å². The number of aldehydes is 1. The molecule has 0 unspecified atom stereocenters. The van der Waals surface area contributed by atoms with Crippen LogP contribution in [-0.2, 0) is 0 Å². The number of carbonyl (C=O) groups is 1. The predicted octanol–water partition coefficient (Wildman–Crippen LogP) is 2.92. The van der Waals surface area contributed by atoms with Crippen LogP contribution in [-0.4, -0.2) is 16.3 Å². The summed E-state index contributed by atoms with van der Waals surface area (Å²) < 4.78 is 0. The van der Waals surface area contributed by atoms with Gasteiger partial charge in [0.25, 0.3) is 0 Å². The molecule has 0 atom stereocenters. The van der Waals surface area contributed by atoms with Crippen LogP contribution in [0.25, 0.3) is 11.1 Å². The Morgan fingerprint density at radius 3 is 2.50 bits per heavy atom. The molecule has 0 fully saturated rings. The topological polar surface area (TPSA) is 42.9 Å². The first-order chi connectivity index (χ1) is 7.70. The molecule has 2 rings (SSSR count). The van der Waals surface area contributed by atoms with Gasteiger partial charge < -0.3 is 0 Å². The summed E-state index contributed by atoms with van der Waals surface area (Å²) in [7, 11) is 0. The SMILES string of the molecule is Cc1ncc(-c2ccc(C=O)cc2Cl)cn1. The van der Waals surface area contributed by atoms with Crippen molar-refractivity contribution in [3.05, 3.63) is 47.0 Å². The Kier molecular flexibility index (Phi) is 2.97. The third-order valence-corrected chi connectivity index (χ3v) is 2.53. The van der Waals surface area contributed by atoms with Gasteiger partial charge in [0, 0.05) is 34.1 Å². The van der Waals surface area contributed by atoms with E-state index in [4.69, 9.17) is 11.6 Å². The van der Waals surface area contributed by atoms with E-state index in [9.17, 15) is 4.79 Å². The molecule has 1 aromatic carbocycles. The van der Waals surface area contributed by atoms with Gasteiger partial charge >= 0.3 is 0 Å². The first-order valence-electron chi connectivity index (χ1n) is 4.74. The molecule has 0 aliphatic rings. The summed E-state index contributed by atoms with van der Waals surface area (Å²) in [5.74, 6) is 0.712. The smallest absolute Gasteiger partial charge is 0.150 e. The number of carbonyl (C=O) groups excluding carboxylic acids is 1. The van der Waals surface area contributed by atoms with E-state index in [-0.39, 0.29) is 0 Å². The van der Waals surface area contributed by atoms with Crippen LogP contribution in [0.4, 0.5) is 0 Å². The van der Waals surface area contributed by atoms with Crippen LogP contribution in [0.2, 0.25) is 5.02 Å². The number of aryl methyl sites for hydroxylation is 1. The van der Waals surface area contributed by atoms with Gasteiger partial charge in [-0.3, -0.25) is 4.79 Å². The van der Waals surface area contributed by atoms with Crippen LogP contribution < -0.4 is 0 Å². The van der Waals surface area contributed by atoms with Crippen molar-refractivity contribution in [2.75, 3.05) is 0 Å². The number of nitrogens with zero attached hydrogens (tertiary/aromatic N) is 2. The summed E-state index contributed by atoms with van der Waals surface area (Å²) in [6.45, 7) is 1.82. The molecule has 80 valence electrons. The zero-order valence-corrected chi connectivity index (χ0v) is 9.40. The fourth-order valence-electron chi connectivity index (χ4n) is 1.37. The largest absolute Gasteiger partial charge is 0.298 e. The lowest BCUT2D eigenvalue weighted by Gasteiger charge is -2.04. The Hall–Kier alpha value is -1.74. The van der Waals surface area contributed by atoms with Crippen molar-refractivity contribution in [1.29, 1.82) is 0 Å². The molecule has 0 aliphatic heterocycles. The molecule has 4 heteroatoms. The van der Waals surface area contributed by atoms with E-state index in [0.29, 0.717) is 16.4 Å². The van der Waals surface area contributed by atoms with Gasteiger partial charge in [0.2, 0.25) is 0 Å². The summed E-state index contributed by atoms with van der Waals surface area (Å²) >= 11 is 6.07. The standard InChI is InChI=1S/C12H9ClN2O/c1-8-14-5-10(6-15-8)11-3-2-9(7-16)4-12(11)13/h2-7H,1H3. The number of rotatable bonds is 2. The quantitative estimate of drug-likeness (QED) is 0.748. The third-order valence-electron chi connectivity index (χ3n) is 2.22. The van der Waals surface area contributed by atoms with E-state index in [1.165, 1.54) is 0 Å². The highest BCUT2D eigenvalue weighted by molar-refractivity contribution is 6.33. The molecule has 0 bridgehead atoms. The van der Waals surface area contributed by atoms with Crippen molar-refractivity contribution >= 4 is 17.9 Å². The minimum atomic E-state index is 0.525. The first kappa shape index (κ1) is 10.8. The van der Waals surface area contributed by atoms with Crippen LogP contribution >= 0.6 is 11.6 Å². The lowest BCUT2D eigenvalue weighted by atomic mass is 10.1. The van der Waals surface area contributed by atoms with E-state index in [0.717, 1.165) is 17.4 Å². The van der Waals surface area contributed by atoms with Crippen LogP contribution in [0.5, 0.6) is 0 Å².